The van der Waals surface area contributed by atoms with E-state index in [2.05, 4.69) is 32.7 Å². The summed E-state index contributed by atoms with van der Waals surface area (Å²) < 4.78 is 0. The van der Waals surface area contributed by atoms with E-state index in [1.807, 2.05) is 48.5 Å². The Hall–Kier alpha value is -2.80. The number of pyridine rings is 1. The lowest BCUT2D eigenvalue weighted by atomic mass is 10.0. The average Bonchev–Trinajstić information content (AvgIpc) is 3.15. The minimum absolute atomic E-state index is 0.328. The highest BCUT2D eigenvalue weighted by Gasteiger charge is 2.18. The Balaban J connectivity index is 1.66. The van der Waals surface area contributed by atoms with Crippen molar-refractivity contribution in [2.45, 2.75) is 38.6 Å². The van der Waals surface area contributed by atoms with Gasteiger partial charge in [-0.15, -0.1) is 10.2 Å². The maximum atomic E-state index is 12.5. The summed E-state index contributed by atoms with van der Waals surface area (Å²) in [6, 6.07) is 14.8. The van der Waals surface area contributed by atoms with Gasteiger partial charge in [-0.3, -0.25) is 10.3 Å². The largest absolute Gasteiger partial charge is 0.325 e. The van der Waals surface area contributed by atoms with Gasteiger partial charge in [0.1, 0.15) is 5.01 Å². The van der Waals surface area contributed by atoms with E-state index in [9.17, 15) is 4.79 Å². The Morgan fingerprint density at radius 1 is 1.07 bits per heavy atom. The van der Waals surface area contributed by atoms with Crippen LogP contribution in [0.2, 0.25) is 0 Å². The Kier molecular flexibility index (Phi) is 6.87. The van der Waals surface area contributed by atoms with Gasteiger partial charge in [-0.2, -0.15) is 0 Å². The van der Waals surface area contributed by atoms with E-state index in [0.717, 1.165) is 29.1 Å². The summed E-state index contributed by atoms with van der Waals surface area (Å²) in [5.74, 6) is 0. The summed E-state index contributed by atoms with van der Waals surface area (Å²) >= 11 is 1.42. The van der Waals surface area contributed by atoms with Crippen LogP contribution in [0.15, 0.2) is 54.7 Å². The van der Waals surface area contributed by atoms with E-state index in [4.69, 9.17) is 0 Å². The molecule has 0 saturated heterocycles. The fourth-order valence-corrected chi connectivity index (χ4v) is 3.49. The summed E-state index contributed by atoms with van der Waals surface area (Å²) in [6.45, 7) is 2.17. The fourth-order valence-electron chi connectivity index (χ4n) is 2.72. The molecule has 2 heterocycles. The highest BCUT2D eigenvalue weighted by Crippen LogP contribution is 2.21. The van der Waals surface area contributed by atoms with Crippen molar-refractivity contribution in [3.63, 3.8) is 0 Å². The summed E-state index contributed by atoms with van der Waals surface area (Å²) in [6.07, 6.45) is 6.05. The van der Waals surface area contributed by atoms with Gasteiger partial charge in [-0.05, 0) is 24.1 Å². The summed E-state index contributed by atoms with van der Waals surface area (Å²) in [4.78, 5) is 16.9. The third-order valence-electron chi connectivity index (χ3n) is 4.07. The molecule has 0 radical (unpaired) electrons. The molecule has 2 amide bonds. The third-order valence-corrected chi connectivity index (χ3v) is 4.97. The van der Waals surface area contributed by atoms with Crippen LogP contribution >= 0.6 is 11.3 Å². The van der Waals surface area contributed by atoms with Crippen LogP contribution in [0.25, 0.3) is 0 Å². The van der Waals surface area contributed by atoms with Gasteiger partial charge < -0.3 is 5.32 Å². The number of nitrogens with one attached hydrogen (secondary N) is 2. The van der Waals surface area contributed by atoms with Gasteiger partial charge in [-0.25, -0.2) is 4.79 Å². The van der Waals surface area contributed by atoms with Crippen molar-refractivity contribution in [3.05, 3.63) is 71.0 Å². The predicted octanol–water partition coefficient (Wildman–Crippen LogP) is 4.58. The molecule has 140 valence electrons. The number of carbonyl (C=O) groups is 1. The van der Waals surface area contributed by atoms with Crippen molar-refractivity contribution in [3.8, 4) is 0 Å². The zero-order chi connectivity index (χ0) is 18.9. The van der Waals surface area contributed by atoms with Crippen molar-refractivity contribution in [1.29, 1.82) is 0 Å². The van der Waals surface area contributed by atoms with Crippen LogP contribution in [0.1, 0.15) is 48.5 Å². The van der Waals surface area contributed by atoms with E-state index < -0.39 is 0 Å². The van der Waals surface area contributed by atoms with Gasteiger partial charge in [0.25, 0.3) is 0 Å². The van der Waals surface area contributed by atoms with Crippen LogP contribution < -0.4 is 10.6 Å². The lowest BCUT2D eigenvalue weighted by molar-refractivity contribution is 0.250. The topological polar surface area (TPSA) is 79.8 Å². The molecule has 6 nitrogen and oxygen atoms in total. The molecule has 2 aromatic heterocycles. The lowest BCUT2D eigenvalue weighted by Gasteiger charge is -2.18. The molecule has 1 unspecified atom stereocenters. The fraction of sp³-hybridized carbons (Fsp3) is 0.300. The molecule has 7 heteroatoms. The minimum Gasteiger partial charge on any atom is -0.325 e. The van der Waals surface area contributed by atoms with Crippen molar-refractivity contribution < 1.29 is 4.79 Å². The highest BCUT2D eigenvalue weighted by molar-refractivity contribution is 7.15. The van der Waals surface area contributed by atoms with Gasteiger partial charge in [0.15, 0.2) is 0 Å². The number of aryl methyl sites for hydroxylation is 1. The molecule has 2 N–H and O–H groups in total. The number of hydrogen-bond acceptors (Lipinski definition) is 5. The van der Waals surface area contributed by atoms with Crippen molar-refractivity contribution in [2.24, 2.45) is 0 Å². The second-order valence-corrected chi connectivity index (χ2v) is 7.22. The Morgan fingerprint density at radius 2 is 1.89 bits per heavy atom. The summed E-state index contributed by atoms with van der Waals surface area (Å²) in [5, 5.41) is 15.4. The Labute approximate surface area is 163 Å². The molecule has 0 saturated carbocycles. The number of benzene rings is 1. The quantitative estimate of drug-likeness (QED) is 0.560. The first-order valence-corrected chi connectivity index (χ1v) is 9.93. The van der Waals surface area contributed by atoms with Crippen LogP contribution in [0.5, 0.6) is 0 Å². The van der Waals surface area contributed by atoms with E-state index >= 15 is 0 Å². The Morgan fingerprint density at radius 3 is 2.63 bits per heavy atom. The Bertz CT molecular complexity index is 798. The third kappa shape index (κ3) is 5.59. The first-order valence-electron chi connectivity index (χ1n) is 9.12. The number of nitrogens with zero attached hydrogens (tertiary/aromatic N) is 3. The molecule has 0 spiro atoms. The number of rotatable bonds is 8. The molecule has 3 rings (SSSR count). The van der Waals surface area contributed by atoms with Crippen LogP contribution in [0.4, 0.5) is 9.93 Å². The molecule has 0 aliphatic heterocycles. The SMILES string of the molecule is CCCCCc1nnc(NC(=O)NC(c2ccccc2)c2ccccn2)s1. The highest BCUT2D eigenvalue weighted by atomic mass is 32.1. The maximum absolute atomic E-state index is 12.5. The number of aromatic nitrogens is 3. The van der Waals surface area contributed by atoms with Crippen molar-refractivity contribution in [2.75, 3.05) is 5.32 Å². The average molecular weight is 382 g/mol. The van der Waals surface area contributed by atoms with Crippen LogP contribution in [-0.2, 0) is 6.42 Å². The van der Waals surface area contributed by atoms with Crippen molar-refractivity contribution in [1.82, 2.24) is 20.5 Å². The number of urea groups is 1. The summed E-state index contributed by atoms with van der Waals surface area (Å²) in [7, 11) is 0. The first kappa shape index (κ1) is 19.0. The van der Waals surface area contributed by atoms with Gasteiger partial charge in [0.2, 0.25) is 5.13 Å². The van der Waals surface area contributed by atoms with E-state index in [-0.39, 0.29) is 12.1 Å². The summed E-state index contributed by atoms with van der Waals surface area (Å²) in [5.41, 5.74) is 1.74. The van der Waals surface area contributed by atoms with Crippen LogP contribution in [0.3, 0.4) is 0 Å². The minimum atomic E-state index is -0.343. The first-order chi connectivity index (χ1) is 13.3. The molecule has 0 fully saturated rings. The van der Waals surface area contributed by atoms with E-state index in [1.165, 1.54) is 24.2 Å². The lowest BCUT2D eigenvalue weighted by Crippen LogP contribution is -2.33. The molecule has 1 atom stereocenters. The number of unbranched alkanes of at least 4 members (excludes halogenated alkanes) is 2. The number of amides is 2. The van der Waals surface area contributed by atoms with E-state index in [1.54, 1.807) is 6.20 Å². The maximum Gasteiger partial charge on any atom is 0.321 e. The second kappa shape index (κ2) is 9.78. The van der Waals surface area contributed by atoms with Gasteiger partial charge in [-0.1, -0.05) is 67.5 Å². The van der Waals surface area contributed by atoms with Gasteiger partial charge >= 0.3 is 6.03 Å². The number of anilines is 1. The molecule has 1 aromatic carbocycles. The van der Waals surface area contributed by atoms with Crippen LogP contribution in [0, 0.1) is 0 Å². The number of carbonyl (C=O) groups excluding carboxylic acids is 1. The van der Waals surface area contributed by atoms with Crippen LogP contribution in [-0.4, -0.2) is 21.2 Å². The molecule has 0 aliphatic carbocycles. The van der Waals surface area contributed by atoms with Crippen molar-refractivity contribution >= 4 is 22.5 Å². The normalized spacial score (nSPS) is 11.7. The zero-order valence-corrected chi connectivity index (χ0v) is 16.1. The standard InChI is InChI=1S/C20H23N5OS/c1-2-3-5-13-17-24-25-20(27-17)23-19(26)22-18(15-10-6-4-7-11-15)16-12-8-9-14-21-16/h4,6-12,14,18H,2-3,5,13H2,1H3,(H2,22,23,25,26). The molecule has 0 bridgehead atoms. The van der Waals surface area contributed by atoms with Gasteiger partial charge in [0.05, 0.1) is 11.7 Å². The second-order valence-electron chi connectivity index (χ2n) is 6.15. The molecular weight excluding hydrogens is 358 g/mol. The molecule has 3 aromatic rings. The number of hydrogen-bond donors (Lipinski definition) is 2. The molecule has 0 aliphatic rings. The molecule has 27 heavy (non-hydrogen) atoms. The zero-order valence-electron chi connectivity index (χ0n) is 15.3. The van der Waals surface area contributed by atoms with E-state index in [0.29, 0.717) is 5.13 Å². The smallest absolute Gasteiger partial charge is 0.321 e. The molecular formula is C20H23N5OS. The monoisotopic (exact) mass is 381 g/mol. The van der Waals surface area contributed by atoms with Gasteiger partial charge in [0, 0.05) is 12.6 Å². The predicted molar refractivity (Wildman–Crippen MR) is 108 cm³/mol.